The molecule has 3 heteroatoms. The van der Waals surface area contributed by atoms with E-state index in [1.54, 1.807) is 0 Å². The van der Waals surface area contributed by atoms with Crippen LogP contribution in [0, 0.1) is 11.3 Å². The molecule has 0 spiro atoms. The minimum Gasteiger partial charge on any atom is -0.493 e. The first-order valence-electron chi connectivity index (χ1n) is 6.72. The van der Waals surface area contributed by atoms with Crippen LogP contribution in [0.2, 0.25) is 0 Å². The van der Waals surface area contributed by atoms with Crippen molar-refractivity contribution in [1.82, 2.24) is 5.32 Å². The Morgan fingerprint density at radius 2 is 2.22 bits per heavy atom. The van der Waals surface area contributed by atoms with Crippen molar-refractivity contribution in [3.63, 3.8) is 0 Å². The van der Waals surface area contributed by atoms with Gasteiger partial charge in [-0.05, 0) is 42.5 Å². The van der Waals surface area contributed by atoms with Gasteiger partial charge in [-0.25, -0.2) is 0 Å². The third kappa shape index (κ3) is 2.43. The number of hydrogen-bond donors (Lipinski definition) is 1. The summed E-state index contributed by atoms with van der Waals surface area (Å²) in [6.45, 7) is 6.66. The minimum atomic E-state index is 0.447. The fourth-order valence-corrected chi connectivity index (χ4v) is 3.17. The van der Waals surface area contributed by atoms with Gasteiger partial charge in [0.05, 0.1) is 6.61 Å². The van der Waals surface area contributed by atoms with Crippen molar-refractivity contribution in [3.8, 4) is 5.75 Å². The smallest absolute Gasteiger partial charge is 0.124 e. The largest absolute Gasteiger partial charge is 0.493 e. The molecule has 1 N–H and O–H groups in total. The molecular formula is C15H20BrNO. The van der Waals surface area contributed by atoms with E-state index in [0.29, 0.717) is 11.5 Å². The van der Waals surface area contributed by atoms with E-state index in [0.717, 1.165) is 35.7 Å². The summed E-state index contributed by atoms with van der Waals surface area (Å²) in [7, 11) is 0. The number of nitrogens with one attached hydrogen (secondary N) is 1. The first kappa shape index (κ1) is 12.5. The van der Waals surface area contributed by atoms with E-state index in [9.17, 15) is 0 Å². The van der Waals surface area contributed by atoms with Crippen LogP contribution in [0.5, 0.6) is 5.75 Å². The molecule has 2 atom stereocenters. The van der Waals surface area contributed by atoms with Crippen LogP contribution < -0.4 is 10.1 Å². The molecule has 0 radical (unpaired) electrons. The Bertz CT molecular complexity index is 458. The van der Waals surface area contributed by atoms with Crippen LogP contribution in [0.3, 0.4) is 0 Å². The summed E-state index contributed by atoms with van der Waals surface area (Å²) < 4.78 is 6.84. The summed E-state index contributed by atoms with van der Waals surface area (Å²) in [5.41, 5.74) is 1.85. The zero-order chi connectivity index (χ0) is 12.8. The predicted octanol–water partition coefficient (Wildman–Crippen LogP) is 3.91. The maximum absolute atomic E-state index is 5.71. The minimum absolute atomic E-state index is 0.447. The monoisotopic (exact) mass is 309 g/mol. The topological polar surface area (TPSA) is 21.3 Å². The van der Waals surface area contributed by atoms with Crippen LogP contribution in [0.4, 0.5) is 0 Å². The molecule has 1 heterocycles. The summed E-state index contributed by atoms with van der Waals surface area (Å²) in [5, 5.41) is 3.72. The number of halogens is 1. The van der Waals surface area contributed by atoms with Gasteiger partial charge in [0.2, 0.25) is 0 Å². The Kier molecular flexibility index (Phi) is 3.15. The van der Waals surface area contributed by atoms with Crippen molar-refractivity contribution < 1.29 is 4.74 Å². The molecule has 1 aromatic rings. The van der Waals surface area contributed by atoms with Crippen molar-refractivity contribution in [3.05, 3.63) is 28.2 Å². The van der Waals surface area contributed by atoms with E-state index in [-0.39, 0.29) is 0 Å². The summed E-state index contributed by atoms with van der Waals surface area (Å²) in [5.74, 6) is 1.88. The summed E-state index contributed by atoms with van der Waals surface area (Å²) in [6, 6.07) is 6.74. The lowest BCUT2D eigenvalue weighted by Gasteiger charge is -2.27. The Hall–Kier alpha value is -0.540. The highest BCUT2D eigenvalue weighted by Crippen LogP contribution is 2.51. The lowest BCUT2D eigenvalue weighted by molar-refractivity contribution is 0.250. The standard InChI is InChI=1S/C15H20BrNO/c1-15(2)8-10(15)9-17-13-5-6-18-14-4-3-11(16)7-12(13)14/h3-4,7,10,13,17H,5-6,8-9H2,1-2H3. The molecule has 0 bridgehead atoms. The van der Waals surface area contributed by atoms with E-state index in [4.69, 9.17) is 4.74 Å². The highest BCUT2D eigenvalue weighted by molar-refractivity contribution is 9.10. The Balaban J connectivity index is 1.69. The molecule has 1 aromatic carbocycles. The molecule has 2 aliphatic rings. The number of benzene rings is 1. The van der Waals surface area contributed by atoms with E-state index < -0.39 is 0 Å². The van der Waals surface area contributed by atoms with Gasteiger partial charge in [0.1, 0.15) is 5.75 Å². The SMILES string of the molecule is CC1(C)CC1CNC1CCOc2ccc(Br)cc21. The van der Waals surface area contributed by atoms with Crippen molar-refractivity contribution in [2.45, 2.75) is 32.7 Å². The lowest BCUT2D eigenvalue weighted by Crippen LogP contribution is -2.29. The first-order valence-corrected chi connectivity index (χ1v) is 7.51. The van der Waals surface area contributed by atoms with Gasteiger partial charge in [-0.1, -0.05) is 29.8 Å². The fraction of sp³-hybridized carbons (Fsp3) is 0.600. The molecule has 1 aliphatic heterocycles. The summed E-state index contributed by atoms with van der Waals surface area (Å²) in [6.07, 6.45) is 2.42. The van der Waals surface area contributed by atoms with Crippen LogP contribution in [-0.2, 0) is 0 Å². The van der Waals surface area contributed by atoms with Gasteiger partial charge < -0.3 is 10.1 Å². The zero-order valence-corrected chi connectivity index (χ0v) is 12.6. The van der Waals surface area contributed by atoms with Gasteiger partial charge in [0.15, 0.2) is 0 Å². The van der Waals surface area contributed by atoms with Crippen molar-refractivity contribution >= 4 is 15.9 Å². The number of hydrogen-bond acceptors (Lipinski definition) is 2. The molecule has 0 aromatic heterocycles. The van der Waals surface area contributed by atoms with Crippen LogP contribution in [-0.4, -0.2) is 13.2 Å². The average Bonchev–Trinajstić information content (AvgIpc) is 2.94. The second kappa shape index (κ2) is 4.53. The van der Waals surface area contributed by atoms with Crippen molar-refractivity contribution in [2.24, 2.45) is 11.3 Å². The predicted molar refractivity (Wildman–Crippen MR) is 76.9 cm³/mol. The Morgan fingerprint density at radius 3 is 2.94 bits per heavy atom. The molecule has 98 valence electrons. The van der Waals surface area contributed by atoms with Crippen LogP contribution in [0.25, 0.3) is 0 Å². The highest BCUT2D eigenvalue weighted by atomic mass is 79.9. The van der Waals surface area contributed by atoms with Gasteiger partial charge in [-0.3, -0.25) is 0 Å². The molecule has 0 amide bonds. The third-order valence-corrected chi connectivity index (χ3v) is 4.83. The van der Waals surface area contributed by atoms with Gasteiger partial charge in [0, 0.05) is 22.5 Å². The van der Waals surface area contributed by atoms with E-state index >= 15 is 0 Å². The normalized spacial score (nSPS) is 28.4. The van der Waals surface area contributed by atoms with Gasteiger partial charge in [-0.15, -0.1) is 0 Å². The molecule has 18 heavy (non-hydrogen) atoms. The van der Waals surface area contributed by atoms with Crippen molar-refractivity contribution in [2.75, 3.05) is 13.2 Å². The van der Waals surface area contributed by atoms with E-state index in [1.165, 1.54) is 12.0 Å². The maximum Gasteiger partial charge on any atom is 0.124 e. The number of ether oxygens (including phenoxy) is 1. The molecule has 1 saturated carbocycles. The molecule has 1 aliphatic carbocycles. The Morgan fingerprint density at radius 1 is 1.44 bits per heavy atom. The second-order valence-corrected chi connectivity index (χ2v) is 7.09. The first-order chi connectivity index (χ1) is 8.56. The average molecular weight is 310 g/mol. The molecule has 3 rings (SSSR count). The third-order valence-electron chi connectivity index (χ3n) is 4.34. The van der Waals surface area contributed by atoms with Crippen molar-refractivity contribution in [1.29, 1.82) is 0 Å². The molecule has 1 fully saturated rings. The summed E-state index contributed by atoms with van der Waals surface area (Å²) in [4.78, 5) is 0. The molecule has 2 nitrogen and oxygen atoms in total. The number of fused-ring (bicyclic) bond motifs is 1. The quantitative estimate of drug-likeness (QED) is 0.914. The maximum atomic E-state index is 5.71. The Labute approximate surface area is 117 Å². The van der Waals surface area contributed by atoms with Crippen LogP contribution in [0.15, 0.2) is 22.7 Å². The van der Waals surface area contributed by atoms with E-state index in [2.05, 4.69) is 47.2 Å². The van der Waals surface area contributed by atoms with Crippen LogP contribution in [0.1, 0.15) is 38.3 Å². The van der Waals surface area contributed by atoms with Crippen LogP contribution >= 0.6 is 15.9 Å². The van der Waals surface area contributed by atoms with Gasteiger partial charge in [-0.2, -0.15) is 0 Å². The summed E-state index contributed by atoms with van der Waals surface area (Å²) >= 11 is 3.55. The molecule has 0 saturated heterocycles. The zero-order valence-electron chi connectivity index (χ0n) is 11.0. The van der Waals surface area contributed by atoms with E-state index in [1.807, 2.05) is 6.07 Å². The fourth-order valence-electron chi connectivity index (χ4n) is 2.79. The van der Waals surface area contributed by atoms with Gasteiger partial charge in [0.25, 0.3) is 0 Å². The molecule has 2 unspecified atom stereocenters. The highest BCUT2D eigenvalue weighted by Gasteiger charge is 2.45. The van der Waals surface area contributed by atoms with Gasteiger partial charge >= 0.3 is 0 Å². The second-order valence-electron chi connectivity index (χ2n) is 6.17. The lowest BCUT2D eigenvalue weighted by atomic mass is 10.00. The number of rotatable bonds is 3. The molecular weight excluding hydrogens is 290 g/mol.